The van der Waals surface area contributed by atoms with E-state index in [-0.39, 0.29) is 6.04 Å². The lowest BCUT2D eigenvalue weighted by molar-refractivity contribution is 0.273. The molecule has 5 heteroatoms. The number of likely N-dealkylation sites (N-methyl/N-ethyl adjacent to an activating group) is 1. The molecule has 1 aromatic rings. The second kappa shape index (κ2) is 5.71. The van der Waals surface area contributed by atoms with Crippen molar-refractivity contribution in [2.45, 2.75) is 19.4 Å². The average Bonchev–Trinajstić information content (AvgIpc) is 2.38. The molecule has 0 radical (unpaired) electrons. The van der Waals surface area contributed by atoms with Gasteiger partial charge in [0.1, 0.15) is 11.6 Å². The maximum absolute atomic E-state index is 13.4. The van der Waals surface area contributed by atoms with Crippen LogP contribution in [0, 0.1) is 11.6 Å². The summed E-state index contributed by atoms with van der Waals surface area (Å²) in [5.74, 6) is -1.22. The third kappa shape index (κ3) is 2.72. The Kier molecular flexibility index (Phi) is 4.18. The van der Waals surface area contributed by atoms with Gasteiger partial charge in [-0.3, -0.25) is 9.89 Å². The Morgan fingerprint density at radius 1 is 1.30 bits per heavy atom. The lowest BCUT2D eigenvalue weighted by atomic mass is 9.92. The standard InChI is InChI=1S/C15H19F2N3/c1-9-14(18)13(4-5-20(9)3)15(19-2)10-6-11(16)8-12(17)7-10/h6-9H,4-5,18H2,1-3H3. The summed E-state index contributed by atoms with van der Waals surface area (Å²) in [7, 11) is 3.61. The van der Waals surface area contributed by atoms with Crippen LogP contribution in [0.2, 0.25) is 0 Å². The van der Waals surface area contributed by atoms with Crippen molar-refractivity contribution in [3.63, 3.8) is 0 Å². The average molecular weight is 279 g/mol. The van der Waals surface area contributed by atoms with Crippen LogP contribution in [0.3, 0.4) is 0 Å². The Balaban J connectivity index is 2.48. The molecule has 1 aromatic carbocycles. The van der Waals surface area contributed by atoms with E-state index in [0.717, 1.165) is 24.6 Å². The van der Waals surface area contributed by atoms with E-state index in [4.69, 9.17) is 5.73 Å². The van der Waals surface area contributed by atoms with Gasteiger partial charge in [0.25, 0.3) is 0 Å². The van der Waals surface area contributed by atoms with Crippen molar-refractivity contribution in [1.29, 1.82) is 0 Å². The highest BCUT2D eigenvalue weighted by Gasteiger charge is 2.25. The predicted molar refractivity (Wildman–Crippen MR) is 76.7 cm³/mol. The molecule has 0 spiro atoms. The van der Waals surface area contributed by atoms with Gasteiger partial charge in [0.15, 0.2) is 0 Å². The van der Waals surface area contributed by atoms with Crippen molar-refractivity contribution in [2.24, 2.45) is 10.7 Å². The number of nitrogens with zero attached hydrogens (tertiary/aromatic N) is 2. The number of benzene rings is 1. The molecular formula is C15H19F2N3. The normalized spacial score (nSPS) is 21.4. The molecule has 0 fully saturated rings. The van der Waals surface area contributed by atoms with Crippen LogP contribution in [0.1, 0.15) is 18.9 Å². The molecule has 1 heterocycles. The van der Waals surface area contributed by atoms with Crippen molar-refractivity contribution in [2.75, 3.05) is 20.6 Å². The maximum Gasteiger partial charge on any atom is 0.126 e. The van der Waals surface area contributed by atoms with Gasteiger partial charge in [-0.25, -0.2) is 8.78 Å². The topological polar surface area (TPSA) is 41.6 Å². The van der Waals surface area contributed by atoms with Gasteiger partial charge in [0, 0.05) is 37.0 Å². The SMILES string of the molecule is CN=C(C1=C(N)C(C)N(C)CC1)c1cc(F)cc(F)c1. The van der Waals surface area contributed by atoms with Crippen molar-refractivity contribution < 1.29 is 8.78 Å². The summed E-state index contributed by atoms with van der Waals surface area (Å²) in [5, 5.41) is 0. The van der Waals surface area contributed by atoms with Crippen LogP contribution in [0.15, 0.2) is 34.5 Å². The number of rotatable bonds is 2. The quantitative estimate of drug-likeness (QED) is 0.844. The molecule has 0 amide bonds. The zero-order chi connectivity index (χ0) is 14.9. The first-order valence-corrected chi connectivity index (χ1v) is 6.56. The summed E-state index contributed by atoms with van der Waals surface area (Å²) in [4.78, 5) is 6.34. The van der Waals surface area contributed by atoms with Crippen LogP contribution < -0.4 is 5.73 Å². The van der Waals surface area contributed by atoms with Gasteiger partial charge in [-0.05, 0) is 38.1 Å². The minimum Gasteiger partial charge on any atom is -0.400 e. The van der Waals surface area contributed by atoms with Gasteiger partial charge < -0.3 is 5.73 Å². The van der Waals surface area contributed by atoms with Gasteiger partial charge in [-0.15, -0.1) is 0 Å². The second-order valence-corrected chi connectivity index (χ2v) is 5.07. The van der Waals surface area contributed by atoms with Gasteiger partial charge in [-0.1, -0.05) is 0 Å². The Morgan fingerprint density at radius 3 is 2.45 bits per heavy atom. The van der Waals surface area contributed by atoms with E-state index in [9.17, 15) is 8.78 Å². The van der Waals surface area contributed by atoms with E-state index in [1.807, 2.05) is 14.0 Å². The van der Waals surface area contributed by atoms with E-state index < -0.39 is 11.6 Å². The first-order valence-electron chi connectivity index (χ1n) is 6.56. The highest BCUT2D eigenvalue weighted by Crippen LogP contribution is 2.24. The summed E-state index contributed by atoms with van der Waals surface area (Å²) in [6.07, 6.45) is 0.720. The highest BCUT2D eigenvalue weighted by atomic mass is 19.1. The van der Waals surface area contributed by atoms with Crippen LogP contribution in [-0.4, -0.2) is 37.3 Å². The molecule has 108 valence electrons. The van der Waals surface area contributed by atoms with E-state index in [1.165, 1.54) is 12.1 Å². The molecule has 0 aromatic heterocycles. The first kappa shape index (κ1) is 14.7. The van der Waals surface area contributed by atoms with Gasteiger partial charge in [0.05, 0.1) is 5.71 Å². The number of hydrogen-bond acceptors (Lipinski definition) is 3. The fraction of sp³-hybridized carbons (Fsp3) is 0.400. The summed E-state index contributed by atoms with van der Waals surface area (Å²) in [6, 6.07) is 3.52. The second-order valence-electron chi connectivity index (χ2n) is 5.07. The van der Waals surface area contributed by atoms with E-state index in [2.05, 4.69) is 9.89 Å². The predicted octanol–water partition coefficient (Wildman–Crippen LogP) is 2.32. The zero-order valence-electron chi connectivity index (χ0n) is 12.0. The van der Waals surface area contributed by atoms with Gasteiger partial charge >= 0.3 is 0 Å². The minimum absolute atomic E-state index is 0.0916. The molecule has 2 rings (SSSR count). The molecule has 0 bridgehead atoms. The lowest BCUT2D eigenvalue weighted by Crippen LogP contribution is -2.40. The van der Waals surface area contributed by atoms with Crippen molar-refractivity contribution in [3.8, 4) is 0 Å². The Bertz CT molecular complexity index is 558. The summed E-state index contributed by atoms with van der Waals surface area (Å²) in [5.41, 5.74) is 8.76. The largest absolute Gasteiger partial charge is 0.400 e. The molecule has 3 nitrogen and oxygen atoms in total. The molecule has 0 saturated carbocycles. The molecule has 20 heavy (non-hydrogen) atoms. The number of aliphatic imine (C=N–C) groups is 1. The summed E-state index contributed by atoms with van der Waals surface area (Å²) in [6.45, 7) is 2.85. The minimum atomic E-state index is -0.610. The van der Waals surface area contributed by atoms with E-state index in [0.29, 0.717) is 17.0 Å². The van der Waals surface area contributed by atoms with Crippen molar-refractivity contribution >= 4 is 5.71 Å². The molecule has 0 aliphatic carbocycles. The zero-order valence-corrected chi connectivity index (χ0v) is 12.0. The van der Waals surface area contributed by atoms with Gasteiger partial charge in [-0.2, -0.15) is 0 Å². The third-order valence-electron chi connectivity index (χ3n) is 3.82. The first-order chi connectivity index (χ1) is 9.43. The third-order valence-corrected chi connectivity index (χ3v) is 3.82. The van der Waals surface area contributed by atoms with Crippen LogP contribution in [0.25, 0.3) is 0 Å². The summed E-state index contributed by atoms with van der Waals surface area (Å²) < 4.78 is 26.8. The molecular weight excluding hydrogens is 260 g/mol. The fourth-order valence-electron chi connectivity index (χ4n) is 2.50. The Hall–Kier alpha value is -1.75. The number of hydrogen-bond donors (Lipinski definition) is 1. The Labute approximate surface area is 117 Å². The van der Waals surface area contributed by atoms with Crippen LogP contribution in [0.4, 0.5) is 8.78 Å². The fourth-order valence-corrected chi connectivity index (χ4v) is 2.50. The van der Waals surface area contributed by atoms with Crippen molar-refractivity contribution in [1.82, 2.24) is 4.90 Å². The maximum atomic E-state index is 13.4. The van der Waals surface area contributed by atoms with Crippen LogP contribution in [-0.2, 0) is 0 Å². The van der Waals surface area contributed by atoms with Crippen LogP contribution in [0.5, 0.6) is 0 Å². The van der Waals surface area contributed by atoms with Gasteiger partial charge in [0.2, 0.25) is 0 Å². The molecule has 1 atom stereocenters. The molecule has 1 unspecified atom stereocenters. The van der Waals surface area contributed by atoms with E-state index >= 15 is 0 Å². The monoisotopic (exact) mass is 279 g/mol. The lowest BCUT2D eigenvalue weighted by Gasteiger charge is -2.32. The summed E-state index contributed by atoms with van der Waals surface area (Å²) >= 11 is 0. The van der Waals surface area contributed by atoms with E-state index in [1.54, 1.807) is 7.05 Å². The molecule has 1 aliphatic heterocycles. The number of nitrogens with two attached hydrogens (primary N) is 1. The molecule has 1 aliphatic rings. The van der Waals surface area contributed by atoms with Crippen LogP contribution >= 0.6 is 0 Å². The molecule has 2 N–H and O–H groups in total. The smallest absolute Gasteiger partial charge is 0.126 e. The van der Waals surface area contributed by atoms with Crippen molar-refractivity contribution in [3.05, 3.63) is 46.7 Å². The molecule has 0 saturated heterocycles. The highest BCUT2D eigenvalue weighted by molar-refractivity contribution is 6.13. The number of halogens is 2. The Morgan fingerprint density at radius 2 is 1.90 bits per heavy atom.